The van der Waals surface area contributed by atoms with Gasteiger partial charge in [0.05, 0.1) is 0 Å². The van der Waals surface area contributed by atoms with Crippen molar-refractivity contribution in [1.29, 1.82) is 0 Å². The first kappa shape index (κ1) is 21.5. The summed E-state index contributed by atoms with van der Waals surface area (Å²) in [4.78, 5) is 0. The van der Waals surface area contributed by atoms with Crippen molar-refractivity contribution >= 4 is 6.08 Å². The molecular weight excluding hydrogens is 360 g/mol. The second-order valence-electron chi connectivity index (χ2n) is 7.68. The van der Waals surface area contributed by atoms with Gasteiger partial charge in [-0.1, -0.05) is 86.4 Å². The maximum absolute atomic E-state index is 3.38. The molecule has 0 bridgehead atoms. The molecule has 0 aromatic heterocycles. The van der Waals surface area contributed by atoms with Crippen molar-refractivity contribution in [2.45, 2.75) is 47.0 Å². The molecule has 0 saturated heterocycles. The fourth-order valence-corrected chi connectivity index (χ4v) is 3.42. The summed E-state index contributed by atoms with van der Waals surface area (Å²) >= 11 is 0. The fourth-order valence-electron chi connectivity index (χ4n) is 3.42. The number of hydrogen-bond acceptors (Lipinski definition) is 0. The fraction of sp³-hybridized carbons (Fsp3) is 0.267. The first-order valence-electron chi connectivity index (χ1n) is 11.0. The Bertz CT molecular complexity index is 1100. The van der Waals surface area contributed by atoms with Gasteiger partial charge >= 0.3 is 0 Å². The first-order valence-corrected chi connectivity index (χ1v) is 11.0. The van der Waals surface area contributed by atoms with Crippen LogP contribution >= 0.6 is 0 Å². The summed E-state index contributed by atoms with van der Waals surface area (Å²) in [5.41, 5.74) is 8.40. The van der Waals surface area contributed by atoms with Gasteiger partial charge in [0.15, 0.2) is 0 Å². The van der Waals surface area contributed by atoms with E-state index in [0.29, 0.717) is 5.92 Å². The zero-order valence-electron chi connectivity index (χ0n) is 18.5. The molecule has 0 heteroatoms. The van der Waals surface area contributed by atoms with E-state index >= 15 is 0 Å². The normalized spacial score (nSPS) is 16.3. The Kier molecular flexibility index (Phi) is 7.54. The third kappa shape index (κ3) is 5.89. The summed E-state index contributed by atoms with van der Waals surface area (Å²) < 4.78 is 0. The third-order valence-corrected chi connectivity index (χ3v) is 5.22. The van der Waals surface area contributed by atoms with Crippen molar-refractivity contribution in [3.05, 3.63) is 99.7 Å². The topological polar surface area (TPSA) is 0 Å². The lowest BCUT2D eigenvalue weighted by Crippen LogP contribution is -1.99. The smallest absolute Gasteiger partial charge is 0.0252 e. The quantitative estimate of drug-likeness (QED) is 0.415. The predicted octanol–water partition coefficient (Wildman–Crippen LogP) is 7.28. The summed E-state index contributed by atoms with van der Waals surface area (Å²) in [5.74, 6) is 13.9. The molecule has 1 unspecified atom stereocenters. The molecule has 2 aliphatic rings. The van der Waals surface area contributed by atoms with Gasteiger partial charge in [-0.25, -0.2) is 0 Å². The van der Waals surface area contributed by atoms with Crippen molar-refractivity contribution in [3.63, 3.8) is 0 Å². The Labute approximate surface area is 182 Å². The predicted molar refractivity (Wildman–Crippen MR) is 130 cm³/mol. The van der Waals surface area contributed by atoms with Crippen molar-refractivity contribution < 1.29 is 0 Å². The Morgan fingerprint density at radius 1 is 0.833 bits per heavy atom. The average molecular weight is 391 g/mol. The molecule has 150 valence electrons. The van der Waals surface area contributed by atoms with Crippen LogP contribution in [0.5, 0.6) is 0 Å². The average Bonchev–Trinajstić information content (AvgIpc) is 2.79. The van der Waals surface area contributed by atoms with E-state index in [2.05, 4.69) is 104 Å². The Balaban J connectivity index is 0.00000124. The molecule has 1 atom stereocenters. The maximum Gasteiger partial charge on any atom is 0.0252 e. The minimum atomic E-state index is 0.634. The number of aryl methyl sites for hydroxylation is 2. The highest BCUT2D eigenvalue weighted by molar-refractivity contribution is 5.66. The van der Waals surface area contributed by atoms with E-state index in [1.165, 1.54) is 22.3 Å². The first-order chi connectivity index (χ1) is 14.7. The largest absolute Gasteiger partial charge is 0.0802 e. The second-order valence-corrected chi connectivity index (χ2v) is 7.68. The van der Waals surface area contributed by atoms with Crippen LogP contribution in [-0.4, -0.2) is 0 Å². The van der Waals surface area contributed by atoms with Crippen molar-refractivity contribution in [2.24, 2.45) is 5.92 Å². The summed E-state index contributed by atoms with van der Waals surface area (Å²) in [6, 6.07) is 14.9. The van der Waals surface area contributed by atoms with E-state index in [9.17, 15) is 0 Å². The summed E-state index contributed by atoms with van der Waals surface area (Å²) in [6.45, 7) is 8.33. The summed E-state index contributed by atoms with van der Waals surface area (Å²) in [5, 5.41) is 0. The SMILES string of the molecule is CC.Cc1ccc(C#Cc2ccc3c(c2)CCC(C#CC2=CCC(C)C=C2)=C3)cc1. The molecule has 0 aliphatic heterocycles. The highest BCUT2D eigenvalue weighted by atomic mass is 14.1. The van der Waals surface area contributed by atoms with Gasteiger partial charge in [0.25, 0.3) is 0 Å². The van der Waals surface area contributed by atoms with Crippen LogP contribution < -0.4 is 0 Å². The van der Waals surface area contributed by atoms with Crippen LogP contribution in [0.15, 0.2) is 71.8 Å². The number of rotatable bonds is 0. The molecule has 0 nitrogen and oxygen atoms in total. The molecular formula is C30H30. The van der Waals surface area contributed by atoms with E-state index in [1.807, 2.05) is 13.8 Å². The highest BCUT2D eigenvalue weighted by Gasteiger charge is 2.09. The number of benzene rings is 2. The van der Waals surface area contributed by atoms with Crippen LogP contribution in [0.25, 0.3) is 6.08 Å². The van der Waals surface area contributed by atoms with E-state index < -0.39 is 0 Å². The number of hydrogen-bond donors (Lipinski definition) is 0. The van der Waals surface area contributed by atoms with E-state index in [4.69, 9.17) is 0 Å². The molecule has 2 aromatic rings. The standard InChI is InChI=1S/C28H24.C2H6/c1-21-3-7-23(8-4-21)11-13-25-15-17-28-20-26(16-18-27(28)19-25)14-12-24-9-5-22(2)6-10-24;1-2/h3-5,7-10,15,17,19-20,22H,6,16,18H2,1-2H3;1-2H3. The van der Waals surface area contributed by atoms with Crippen LogP contribution in [0.1, 0.15) is 61.4 Å². The molecule has 0 saturated carbocycles. The van der Waals surface area contributed by atoms with Crippen LogP contribution in [0.3, 0.4) is 0 Å². The zero-order valence-corrected chi connectivity index (χ0v) is 18.5. The van der Waals surface area contributed by atoms with Gasteiger partial charge in [0, 0.05) is 22.3 Å². The molecule has 0 radical (unpaired) electrons. The molecule has 0 heterocycles. The molecule has 0 fully saturated rings. The number of allylic oxidation sites excluding steroid dienone is 5. The lowest BCUT2D eigenvalue weighted by Gasteiger charge is -2.13. The molecule has 2 aromatic carbocycles. The minimum absolute atomic E-state index is 0.634. The Morgan fingerprint density at radius 2 is 1.57 bits per heavy atom. The molecule has 0 spiro atoms. The van der Waals surface area contributed by atoms with E-state index in [-0.39, 0.29) is 0 Å². The zero-order chi connectivity index (χ0) is 21.3. The van der Waals surface area contributed by atoms with E-state index in [0.717, 1.165) is 36.0 Å². The Hall–Kier alpha value is -3.22. The van der Waals surface area contributed by atoms with Crippen molar-refractivity contribution in [3.8, 4) is 23.7 Å². The molecule has 0 amide bonds. The monoisotopic (exact) mass is 390 g/mol. The van der Waals surface area contributed by atoms with Gasteiger partial charge < -0.3 is 0 Å². The number of fused-ring (bicyclic) bond motifs is 1. The van der Waals surface area contributed by atoms with Gasteiger partial charge in [-0.3, -0.25) is 0 Å². The molecule has 2 aliphatic carbocycles. The van der Waals surface area contributed by atoms with Crippen molar-refractivity contribution in [1.82, 2.24) is 0 Å². The molecule has 30 heavy (non-hydrogen) atoms. The molecule has 0 N–H and O–H groups in total. The summed E-state index contributed by atoms with van der Waals surface area (Å²) in [7, 11) is 0. The van der Waals surface area contributed by atoms with Crippen LogP contribution in [0.2, 0.25) is 0 Å². The lowest BCUT2D eigenvalue weighted by molar-refractivity contribution is 0.734. The lowest BCUT2D eigenvalue weighted by atomic mass is 9.91. The summed E-state index contributed by atoms with van der Waals surface area (Å²) in [6.07, 6.45) is 12.0. The van der Waals surface area contributed by atoms with Gasteiger partial charge in [-0.15, -0.1) is 0 Å². The minimum Gasteiger partial charge on any atom is -0.0802 e. The van der Waals surface area contributed by atoms with Crippen LogP contribution in [-0.2, 0) is 6.42 Å². The highest BCUT2D eigenvalue weighted by Crippen LogP contribution is 2.25. The van der Waals surface area contributed by atoms with Gasteiger partial charge in [-0.2, -0.15) is 0 Å². The maximum atomic E-state index is 3.38. The Morgan fingerprint density at radius 3 is 2.30 bits per heavy atom. The van der Waals surface area contributed by atoms with Crippen LogP contribution in [0.4, 0.5) is 0 Å². The second kappa shape index (κ2) is 10.5. The van der Waals surface area contributed by atoms with E-state index in [1.54, 1.807) is 0 Å². The molecule has 4 rings (SSSR count). The van der Waals surface area contributed by atoms with Gasteiger partial charge in [0.2, 0.25) is 0 Å². The van der Waals surface area contributed by atoms with Crippen molar-refractivity contribution in [2.75, 3.05) is 0 Å². The van der Waals surface area contributed by atoms with Crippen LogP contribution in [0, 0.1) is 36.5 Å². The third-order valence-electron chi connectivity index (χ3n) is 5.22. The van der Waals surface area contributed by atoms with Gasteiger partial charge in [-0.05, 0) is 73.6 Å². The van der Waals surface area contributed by atoms with Gasteiger partial charge in [0.1, 0.15) is 0 Å².